The minimum Gasteiger partial charge on any atom is -0.493 e. The van der Waals surface area contributed by atoms with E-state index in [1.54, 1.807) is 24.3 Å². The number of ether oxygens (including phenoxy) is 2. The van der Waals surface area contributed by atoms with Crippen LogP contribution in [0.25, 0.3) is 0 Å². The lowest BCUT2D eigenvalue weighted by Crippen LogP contribution is -2.49. The Balaban J connectivity index is 1.77. The molecule has 32 heavy (non-hydrogen) atoms. The minimum absolute atomic E-state index is 0.0374. The van der Waals surface area contributed by atoms with Crippen LogP contribution >= 0.6 is 12.2 Å². The van der Waals surface area contributed by atoms with Crippen molar-refractivity contribution < 1.29 is 19.1 Å². The molecule has 0 radical (unpaired) electrons. The van der Waals surface area contributed by atoms with E-state index < -0.39 is 11.8 Å². The maximum Gasteiger partial charge on any atom is 0.276 e. The third kappa shape index (κ3) is 8.19. The van der Waals surface area contributed by atoms with E-state index in [4.69, 9.17) is 21.7 Å². The minimum atomic E-state index is -0.434. The van der Waals surface area contributed by atoms with Crippen molar-refractivity contribution in [1.29, 1.82) is 0 Å². The molecule has 0 aliphatic carbocycles. The Bertz CT molecular complexity index is 902. The van der Waals surface area contributed by atoms with Crippen LogP contribution in [0, 0.1) is 0 Å². The summed E-state index contributed by atoms with van der Waals surface area (Å²) in [6.07, 6.45) is 2.95. The summed E-state index contributed by atoms with van der Waals surface area (Å²) in [7, 11) is 0. The van der Waals surface area contributed by atoms with Crippen molar-refractivity contribution in [2.75, 3.05) is 13.2 Å². The number of unbranched alkanes of at least 4 members (excludes halogenated alkanes) is 1. The second kappa shape index (κ2) is 13.3. The Morgan fingerprint density at radius 2 is 1.72 bits per heavy atom. The molecular formula is C24H31N3O4S. The van der Waals surface area contributed by atoms with Gasteiger partial charge in [-0.25, -0.2) is 0 Å². The summed E-state index contributed by atoms with van der Waals surface area (Å²) in [5.74, 6) is 0.695. The first-order chi connectivity index (χ1) is 15.4. The SMILES string of the molecule is CCCCOc1ccccc1C(=O)NC(=S)NNC(=O)COc1ccc(C(C)CC)cc1. The van der Waals surface area contributed by atoms with Crippen molar-refractivity contribution >= 4 is 29.1 Å². The van der Waals surface area contributed by atoms with Gasteiger partial charge in [-0.15, -0.1) is 0 Å². The quantitative estimate of drug-likeness (QED) is 0.283. The summed E-state index contributed by atoms with van der Waals surface area (Å²) in [5.41, 5.74) is 6.50. The van der Waals surface area contributed by atoms with E-state index in [0.29, 0.717) is 29.6 Å². The van der Waals surface area contributed by atoms with Gasteiger partial charge in [0.1, 0.15) is 11.5 Å². The first-order valence-electron chi connectivity index (χ1n) is 10.8. The molecule has 1 atom stereocenters. The van der Waals surface area contributed by atoms with Gasteiger partial charge < -0.3 is 9.47 Å². The molecule has 0 saturated heterocycles. The zero-order chi connectivity index (χ0) is 23.3. The fraction of sp³-hybridized carbons (Fsp3) is 0.375. The van der Waals surface area contributed by atoms with Gasteiger partial charge in [-0.3, -0.25) is 25.8 Å². The second-order valence-electron chi connectivity index (χ2n) is 7.32. The monoisotopic (exact) mass is 457 g/mol. The van der Waals surface area contributed by atoms with Crippen LogP contribution in [0.4, 0.5) is 0 Å². The standard InChI is InChI=1S/C24H31N3O4S/c1-4-6-15-30-21-10-8-7-9-20(21)23(29)25-24(32)27-26-22(28)16-31-19-13-11-18(12-14-19)17(3)5-2/h7-14,17H,4-6,15-16H2,1-3H3,(H,26,28)(H2,25,27,29,32). The number of rotatable bonds is 10. The number of hydrogen-bond donors (Lipinski definition) is 3. The lowest BCUT2D eigenvalue weighted by atomic mass is 9.99. The van der Waals surface area contributed by atoms with Crippen LogP contribution in [0.1, 0.15) is 61.9 Å². The molecule has 0 fully saturated rings. The van der Waals surface area contributed by atoms with Crippen molar-refractivity contribution in [3.8, 4) is 11.5 Å². The van der Waals surface area contributed by atoms with Crippen molar-refractivity contribution in [3.63, 3.8) is 0 Å². The molecule has 172 valence electrons. The molecule has 2 rings (SSSR count). The molecule has 2 aromatic rings. The van der Waals surface area contributed by atoms with E-state index in [1.165, 1.54) is 5.56 Å². The fourth-order valence-corrected chi connectivity index (χ4v) is 2.89. The molecule has 0 aliphatic rings. The Hall–Kier alpha value is -3.13. The molecule has 0 aliphatic heterocycles. The number of thiocarbonyl (C=S) groups is 1. The molecule has 2 amide bonds. The van der Waals surface area contributed by atoms with Gasteiger partial charge in [-0.05, 0) is 60.8 Å². The zero-order valence-corrected chi connectivity index (χ0v) is 19.6. The van der Waals surface area contributed by atoms with E-state index in [1.807, 2.05) is 24.3 Å². The molecule has 1 unspecified atom stereocenters. The predicted molar refractivity (Wildman–Crippen MR) is 129 cm³/mol. The topological polar surface area (TPSA) is 88.7 Å². The third-order valence-electron chi connectivity index (χ3n) is 4.86. The van der Waals surface area contributed by atoms with Crippen LogP contribution in [-0.4, -0.2) is 30.1 Å². The maximum absolute atomic E-state index is 12.5. The van der Waals surface area contributed by atoms with Gasteiger partial charge in [0.05, 0.1) is 12.2 Å². The maximum atomic E-state index is 12.5. The van der Waals surface area contributed by atoms with Crippen molar-refractivity contribution in [1.82, 2.24) is 16.2 Å². The summed E-state index contributed by atoms with van der Waals surface area (Å²) in [6, 6.07) is 14.6. The van der Waals surface area contributed by atoms with Gasteiger partial charge in [-0.1, -0.05) is 51.5 Å². The number of hydrogen-bond acceptors (Lipinski definition) is 5. The molecule has 7 nitrogen and oxygen atoms in total. The van der Waals surface area contributed by atoms with E-state index in [0.717, 1.165) is 19.3 Å². The zero-order valence-electron chi connectivity index (χ0n) is 18.8. The number of carbonyl (C=O) groups is 2. The summed E-state index contributed by atoms with van der Waals surface area (Å²) in [6.45, 7) is 6.70. The summed E-state index contributed by atoms with van der Waals surface area (Å²) < 4.78 is 11.2. The molecule has 0 saturated carbocycles. The highest BCUT2D eigenvalue weighted by atomic mass is 32.1. The van der Waals surface area contributed by atoms with Crippen LogP contribution in [0.2, 0.25) is 0 Å². The molecule has 0 heterocycles. The number of para-hydroxylation sites is 1. The molecule has 0 bridgehead atoms. The number of amides is 2. The van der Waals surface area contributed by atoms with Crippen LogP contribution < -0.4 is 25.6 Å². The van der Waals surface area contributed by atoms with Crippen molar-refractivity contribution in [2.45, 2.75) is 46.0 Å². The van der Waals surface area contributed by atoms with Crippen LogP contribution in [0.3, 0.4) is 0 Å². The Morgan fingerprint density at radius 3 is 2.41 bits per heavy atom. The van der Waals surface area contributed by atoms with Gasteiger partial charge in [0.2, 0.25) is 0 Å². The van der Waals surface area contributed by atoms with Crippen LogP contribution in [0.5, 0.6) is 11.5 Å². The average molecular weight is 458 g/mol. The Kier molecular flexibility index (Phi) is 10.5. The average Bonchev–Trinajstić information content (AvgIpc) is 2.81. The highest BCUT2D eigenvalue weighted by Gasteiger charge is 2.14. The lowest BCUT2D eigenvalue weighted by Gasteiger charge is -2.14. The van der Waals surface area contributed by atoms with Gasteiger partial charge >= 0.3 is 0 Å². The Morgan fingerprint density at radius 1 is 1.00 bits per heavy atom. The molecule has 3 N–H and O–H groups in total. The van der Waals surface area contributed by atoms with E-state index in [2.05, 4.69) is 36.9 Å². The molecule has 2 aromatic carbocycles. The second-order valence-corrected chi connectivity index (χ2v) is 7.73. The van der Waals surface area contributed by atoms with Crippen molar-refractivity contribution in [3.05, 3.63) is 59.7 Å². The first-order valence-corrected chi connectivity index (χ1v) is 11.2. The van der Waals surface area contributed by atoms with Crippen LogP contribution in [0.15, 0.2) is 48.5 Å². The normalized spacial score (nSPS) is 11.2. The summed E-state index contributed by atoms with van der Waals surface area (Å²) >= 11 is 5.09. The number of nitrogens with one attached hydrogen (secondary N) is 3. The summed E-state index contributed by atoms with van der Waals surface area (Å²) in [5, 5.41) is 2.49. The Labute approximate surface area is 194 Å². The molecule has 0 aromatic heterocycles. The highest BCUT2D eigenvalue weighted by molar-refractivity contribution is 7.80. The number of carbonyl (C=O) groups excluding carboxylic acids is 2. The largest absolute Gasteiger partial charge is 0.493 e. The van der Waals surface area contributed by atoms with E-state index in [-0.39, 0.29) is 11.7 Å². The lowest BCUT2D eigenvalue weighted by molar-refractivity contribution is -0.123. The highest BCUT2D eigenvalue weighted by Crippen LogP contribution is 2.21. The van der Waals surface area contributed by atoms with E-state index in [9.17, 15) is 9.59 Å². The number of hydrazine groups is 1. The predicted octanol–water partition coefficient (Wildman–Crippen LogP) is 4.09. The van der Waals surface area contributed by atoms with Crippen molar-refractivity contribution in [2.24, 2.45) is 0 Å². The number of benzene rings is 2. The van der Waals surface area contributed by atoms with E-state index >= 15 is 0 Å². The van der Waals surface area contributed by atoms with Crippen LogP contribution in [-0.2, 0) is 4.79 Å². The first kappa shape index (κ1) is 25.1. The third-order valence-corrected chi connectivity index (χ3v) is 5.07. The summed E-state index contributed by atoms with van der Waals surface area (Å²) in [4.78, 5) is 24.5. The van der Waals surface area contributed by atoms with Gasteiger partial charge in [0, 0.05) is 0 Å². The molecule has 0 spiro atoms. The van der Waals surface area contributed by atoms with Gasteiger partial charge in [-0.2, -0.15) is 0 Å². The fourth-order valence-electron chi connectivity index (χ4n) is 2.75. The van der Waals surface area contributed by atoms with Gasteiger partial charge in [0.25, 0.3) is 11.8 Å². The molecule has 8 heteroatoms. The smallest absolute Gasteiger partial charge is 0.276 e. The van der Waals surface area contributed by atoms with Gasteiger partial charge in [0.15, 0.2) is 11.7 Å². The molecular weight excluding hydrogens is 426 g/mol.